The van der Waals surface area contributed by atoms with Crippen molar-refractivity contribution in [2.45, 2.75) is 0 Å². The smallest absolute Gasteiger partial charge is 0.238 e. The van der Waals surface area contributed by atoms with Crippen LogP contribution in [0.25, 0.3) is 168 Å². The van der Waals surface area contributed by atoms with Crippen molar-refractivity contribution >= 4 is 77.7 Å². The molecule has 0 aliphatic carbocycles. The standard InChI is InChI=1S/2C57H39N5/c1-5-20-40(21-6-1)42-24-17-26-44(38-42)49-34-19-35-51-50-33-14-16-37-53(50)62(54(49)51)57-59-55(41-22-7-2-8-23-41)58-56(60-57)45-27-18-25-43(39-45)48-32-13-15-36-52(48)61(46-28-9-3-10-29-46)47-30-11-4-12-31-47;1-5-19-40(20-6-1)42-23-15-26-45(37-42)50-34-18-35-52-51-33-13-14-36-53(51)62(54(50)52)57-59-55(41-21-7-2-8-22-41)58-56(60-57)46-27-16-24-43(38-46)44-25-17-32-49(39-44)61(47-28-9-3-10-29-47)48-30-11-4-12-31-48/h2*1-39H. The predicted octanol–water partition coefficient (Wildman–Crippen LogP) is 29.5. The summed E-state index contributed by atoms with van der Waals surface area (Å²) in [5.41, 5.74) is 27.6. The zero-order chi connectivity index (χ0) is 82.5. The van der Waals surface area contributed by atoms with Gasteiger partial charge in [0.05, 0.1) is 27.8 Å². The fourth-order valence-electron chi connectivity index (χ4n) is 17.1. The van der Waals surface area contributed by atoms with E-state index < -0.39 is 0 Å². The summed E-state index contributed by atoms with van der Waals surface area (Å²) in [6, 6.07) is 166. The Balaban J connectivity index is 0.000000152. The third-order valence-corrected chi connectivity index (χ3v) is 22.9. The lowest BCUT2D eigenvalue weighted by Crippen LogP contribution is -2.11. The predicted molar refractivity (Wildman–Crippen MR) is 512 cm³/mol. The Labute approximate surface area is 719 Å². The molecule has 0 saturated carbocycles. The largest absolute Gasteiger partial charge is 0.310 e. The zero-order valence-corrected chi connectivity index (χ0v) is 67.5. The van der Waals surface area contributed by atoms with E-state index in [2.05, 4.69) is 456 Å². The van der Waals surface area contributed by atoms with Gasteiger partial charge in [0.1, 0.15) is 0 Å². The Morgan fingerprint density at radius 2 is 0.419 bits per heavy atom. The molecule has 0 spiro atoms. The first-order valence-electron chi connectivity index (χ1n) is 41.7. The van der Waals surface area contributed by atoms with Crippen molar-refractivity contribution < 1.29 is 0 Å². The van der Waals surface area contributed by atoms with Gasteiger partial charge in [-0.05, 0) is 153 Å². The first-order valence-corrected chi connectivity index (χ1v) is 41.7. The molecular weight excluding hydrogens is 1510 g/mol. The van der Waals surface area contributed by atoms with E-state index in [1.54, 1.807) is 0 Å². The fourth-order valence-corrected chi connectivity index (χ4v) is 17.1. The Morgan fingerprint density at radius 3 is 0.847 bits per heavy atom. The second kappa shape index (κ2) is 33.5. The number of hydrogen-bond acceptors (Lipinski definition) is 8. The van der Waals surface area contributed by atoms with E-state index in [-0.39, 0.29) is 0 Å². The molecule has 0 bridgehead atoms. The summed E-state index contributed by atoms with van der Waals surface area (Å²) < 4.78 is 4.45. The van der Waals surface area contributed by atoms with Gasteiger partial charge in [-0.15, -0.1) is 0 Å². The molecule has 0 atom stereocenters. The molecule has 4 heterocycles. The molecule has 10 nitrogen and oxygen atoms in total. The summed E-state index contributed by atoms with van der Waals surface area (Å²) in [7, 11) is 0. The van der Waals surface area contributed by atoms with E-state index in [9.17, 15) is 0 Å². The summed E-state index contributed by atoms with van der Waals surface area (Å²) >= 11 is 0. The number of nitrogens with zero attached hydrogens (tertiary/aromatic N) is 10. The van der Waals surface area contributed by atoms with Gasteiger partial charge < -0.3 is 9.80 Å². The van der Waals surface area contributed by atoms with Gasteiger partial charge in [-0.25, -0.2) is 9.97 Å². The highest BCUT2D eigenvalue weighted by Crippen LogP contribution is 2.46. The number of hydrogen-bond donors (Lipinski definition) is 0. The molecule has 10 heteroatoms. The molecule has 0 amide bonds. The maximum atomic E-state index is 5.39. The monoisotopic (exact) mass is 1590 g/mol. The van der Waals surface area contributed by atoms with Crippen LogP contribution < -0.4 is 9.80 Å². The van der Waals surface area contributed by atoms with Gasteiger partial charge in [-0.1, -0.05) is 370 Å². The zero-order valence-electron chi connectivity index (χ0n) is 67.5. The van der Waals surface area contributed by atoms with Crippen molar-refractivity contribution in [2.75, 3.05) is 9.80 Å². The molecule has 4 aromatic heterocycles. The molecule has 584 valence electrons. The van der Waals surface area contributed by atoms with Gasteiger partial charge in [-0.3, -0.25) is 9.13 Å². The normalized spacial score (nSPS) is 11.2. The summed E-state index contributed by atoms with van der Waals surface area (Å²) in [5.74, 6) is 3.50. The van der Waals surface area contributed by atoms with Crippen LogP contribution in [-0.2, 0) is 0 Å². The Bertz CT molecular complexity index is 7520. The quantitative estimate of drug-likeness (QED) is 0.0839. The van der Waals surface area contributed by atoms with Crippen LogP contribution >= 0.6 is 0 Å². The Morgan fingerprint density at radius 1 is 0.161 bits per heavy atom. The second-order valence-electron chi connectivity index (χ2n) is 30.5. The Hall–Kier alpha value is -16.8. The fraction of sp³-hybridized carbons (Fsp3) is 0. The average Bonchev–Trinajstić information content (AvgIpc) is 1.58. The molecule has 124 heavy (non-hydrogen) atoms. The molecule has 0 unspecified atom stereocenters. The number of para-hydroxylation sites is 9. The minimum absolute atomic E-state index is 0.553. The molecule has 0 radical (unpaired) electrons. The van der Waals surface area contributed by atoms with Crippen molar-refractivity contribution in [2.24, 2.45) is 0 Å². The summed E-state index contributed by atoms with van der Waals surface area (Å²) in [4.78, 5) is 36.3. The molecule has 0 N–H and O–H groups in total. The van der Waals surface area contributed by atoms with E-state index in [4.69, 9.17) is 29.9 Å². The molecular formula is C114H78N10. The summed E-state index contributed by atoms with van der Waals surface area (Å²) in [6.07, 6.45) is 0. The van der Waals surface area contributed by atoms with Crippen LogP contribution in [0.4, 0.5) is 34.1 Å². The lowest BCUT2D eigenvalue weighted by atomic mass is 9.97. The van der Waals surface area contributed by atoms with Crippen molar-refractivity contribution in [1.29, 1.82) is 0 Å². The van der Waals surface area contributed by atoms with Gasteiger partial charge in [0.25, 0.3) is 0 Å². The van der Waals surface area contributed by atoms with Gasteiger partial charge in [0, 0.05) is 88.9 Å². The maximum Gasteiger partial charge on any atom is 0.238 e. The average molecular weight is 1590 g/mol. The molecule has 22 aromatic rings. The van der Waals surface area contributed by atoms with E-state index >= 15 is 0 Å². The first-order chi connectivity index (χ1) is 61.5. The van der Waals surface area contributed by atoms with Crippen LogP contribution in [-0.4, -0.2) is 39.0 Å². The van der Waals surface area contributed by atoms with Crippen molar-refractivity contribution in [3.63, 3.8) is 0 Å². The Kier molecular flexibility index (Phi) is 20.2. The van der Waals surface area contributed by atoms with Crippen molar-refractivity contribution in [3.8, 4) is 124 Å². The van der Waals surface area contributed by atoms with Gasteiger partial charge in [-0.2, -0.15) is 19.9 Å². The van der Waals surface area contributed by atoms with Crippen molar-refractivity contribution in [3.05, 3.63) is 473 Å². The van der Waals surface area contributed by atoms with Crippen LogP contribution in [0.3, 0.4) is 0 Å². The molecule has 0 fully saturated rings. The topological polar surface area (TPSA) is 93.7 Å². The van der Waals surface area contributed by atoms with Gasteiger partial charge in [0.2, 0.25) is 11.9 Å². The van der Waals surface area contributed by atoms with E-state index in [0.717, 1.165) is 156 Å². The van der Waals surface area contributed by atoms with E-state index in [0.29, 0.717) is 35.2 Å². The number of anilines is 6. The van der Waals surface area contributed by atoms with Crippen LogP contribution in [0.2, 0.25) is 0 Å². The number of aromatic nitrogens is 8. The van der Waals surface area contributed by atoms with E-state index in [1.165, 1.54) is 11.1 Å². The minimum atomic E-state index is 0.553. The molecule has 22 rings (SSSR count). The number of benzene rings is 18. The SMILES string of the molecule is c1ccc(-c2cccc(-c3cccc4c5ccccc5n(-c5nc(-c6ccccc6)nc(-c6cccc(-c7cccc(N(c8ccccc8)c8ccccc8)c7)c6)n5)c34)c2)cc1.c1ccc(-c2cccc(-c3cccc4c5ccccc5n(-c5nc(-c6ccccc6)nc(-c6cccc(-c7ccccc7N(c7ccccc7)c7ccccc7)c6)n5)c34)c2)cc1. The van der Waals surface area contributed by atoms with Crippen LogP contribution in [0.1, 0.15) is 0 Å². The third-order valence-electron chi connectivity index (χ3n) is 22.9. The number of rotatable bonds is 18. The maximum absolute atomic E-state index is 5.39. The molecule has 0 saturated heterocycles. The number of fused-ring (bicyclic) bond motifs is 6. The van der Waals surface area contributed by atoms with Gasteiger partial charge in [0.15, 0.2) is 23.3 Å². The minimum Gasteiger partial charge on any atom is -0.310 e. The molecule has 0 aliphatic heterocycles. The lowest BCUT2D eigenvalue weighted by Gasteiger charge is -2.27. The first kappa shape index (κ1) is 74.7. The van der Waals surface area contributed by atoms with Crippen LogP contribution in [0.5, 0.6) is 0 Å². The third kappa shape index (κ3) is 14.8. The van der Waals surface area contributed by atoms with Crippen LogP contribution in [0.15, 0.2) is 473 Å². The summed E-state index contributed by atoms with van der Waals surface area (Å²) in [5, 5.41) is 4.53. The second-order valence-corrected chi connectivity index (χ2v) is 30.5. The highest BCUT2D eigenvalue weighted by atomic mass is 15.2. The van der Waals surface area contributed by atoms with Gasteiger partial charge >= 0.3 is 0 Å². The molecule has 0 aliphatic rings. The highest BCUT2D eigenvalue weighted by Gasteiger charge is 2.26. The van der Waals surface area contributed by atoms with Crippen molar-refractivity contribution in [1.82, 2.24) is 39.0 Å². The summed E-state index contributed by atoms with van der Waals surface area (Å²) in [6.45, 7) is 0. The van der Waals surface area contributed by atoms with E-state index in [1.807, 2.05) is 36.4 Å². The van der Waals surface area contributed by atoms with Crippen LogP contribution in [0, 0.1) is 0 Å². The lowest BCUT2D eigenvalue weighted by molar-refractivity contribution is 0.953. The highest BCUT2D eigenvalue weighted by molar-refractivity contribution is 6.15. The molecule has 18 aromatic carbocycles.